The molecule has 23 heavy (non-hydrogen) atoms. The van der Waals surface area contributed by atoms with E-state index in [1.165, 1.54) is 95.0 Å². The van der Waals surface area contributed by atoms with Crippen molar-refractivity contribution in [3.63, 3.8) is 0 Å². The van der Waals surface area contributed by atoms with Gasteiger partial charge in [-0.3, -0.25) is 0 Å². The number of hydrogen-bond donors (Lipinski definition) is 0. The van der Waals surface area contributed by atoms with Gasteiger partial charge in [-0.1, -0.05) is 111 Å². The number of unbranched alkanes of at least 4 members (excludes halogenated alkanes) is 13. The molecule has 0 aliphatic carbocycles. The molecule has 0 rings (SSSR count). The van der Waals surface area contributed by atoms with Crippen molar-refractivity contribution in [3.8, 4) is 0 Å². The Kier molecular flexibility index (Phi) is 18.2. The summed E-state index contributed by atoms with van der Waals surface area (Å²) in [5.74, 6) is 0. The highest BCUT2D eigenvalue weighted by atomic mass is 16.5. The predicted octanol–water partition coefficient (Wildman–Crippen LogP) is 7.46. The zero-order chi connectivity index (χ0) is 17.2. The van der Waals surface area contributed by atoms with Crippen molar-refractivity contribution in [2.75, 3.05) is 6.54 Å². The van der Waals surface area contributed by atoms with Crippen molar-refractivity contribution in [3.05, 3.63) is 5.21 Å². The predicted molar refractivity (Wildman–Crippen MR) is 105 cm³/mol. The maximum Gasteiger partial charge on any atom is -0.00550 e. The van der Waals surface area contributed by atoms with Gasteiger partial charge in [0.05, 0.1) is 0 Å². The summed E-state index contributed by atoms with van der Waals surface area (Å²) >= 11 is 0. The molecule has 0 aliphatic heterocycles. The lowest BCUT2D eigenvalue weighted by molar-refractivity contribution is 0.275. The van der Waals surface area contributed by atoms with E-state index >= 15 is 0 Å². The molecule has 0 aromatic rings. The zero-order valence-electron chi connectivity index (χ0n) is 16.5. The number of nitrogens with zero attached hydrogens (tertiary/aromatic N) is 1. The van der Waals surface area contributed by atoms with Crippen molar-refractivity contribution in [1.29, 1.82) is 0 Å². The van der Waals surface area contributed by atoms with Gasteiger partial charge in [0.15, 0.2) is 0 Å². The van der Waals surface area contributed by atoms with E-state index in [1.807, 2.05) is 0 Å². The molecule has 0 fully saturated rings. The maximum absolute atomic E-state index is 11.6. The minimum absolute atomic E-state index is 0.215. The van der Waals surface area contributed by atoms with Crippen LogP contribution in [0.4, 0.5) is 0 Å². The first-order chi connectivity index (χ1) is 11.2. The van der Waals surface area contributed by atoms with E-state index in [2.05, 4.69) is 20.8 Å². The van der Waals surface area contributed by atoms with Crippen LogP contribution in [0, 0.1) is 5.21 Å². The lowest BCUT2D eigenvalue weighted by atomic mass is 10.0. The van der Waals surface area contributed by atoms with Gasteiger partial charge in [0.1, 0.15) is 0 Å². The summed E-state index contributed by atoms with van der Waals surface area (Å²) in [6.07, 6.45) is 21.6. The minimum atomic E-state index is 0.215. The molecule has 140 valence electrons. The van der Waals surface area contributed by atoms with Crippen LogP contribution < -0.4 is 0 Å². The van der Waals surface area contributed by atoms with Gasteiger partial charge in [-0.2, -0.15) is 0 Å². The molecule has 0 heterocycles. The smallest absolute Gasteiger partial charge is 0.00550 e. The highest BCUT2D eigenvalue weighted by Gasteiger charge is 2.02. The Morgan fingerprint density at radius 3 is 1.39 bits per heavy atom. The molecule has 2 nitrogen and oxygen atoms in total. The fourth-order valence-electron chi connectivity index (χ4n) is 3.22. The van der Waals surface area contributed by atoms with E-state index in [0.717, 1.165) is 12.8 Å². The highest BCUT2D eigenvalue weighted by Crippen LogP contribution is 2.14. The van der Waals surface area contributed by atoms with E-state index < -0.39 is 0 Å². The Hall–Kier alpha value is -0.0800. The second-order valence-corrected chi connectivity index (χ2v) is 7.37. The van der Waals surface area contributed by atoms with E-state index in [-0.39, 0.29) is 6.04 Å². The Bertz CT molecular complexity index is 220. The molecule has 0 amide bonds. The monoisotopic (exact) mass is 326 g/mol. The largest absolute Gasteiger partial charge is 0.785 e. The van der Waals surface area contributed by atoms with Gasteiger partial charge in [-0.05, 0) is 25.4 Å². The summed E-state index contributed by atoms with van der Waals surface area (Å²) < 4.78 is 0. The van der Waals surface area contributed by atoms with Crippen LogP contribution >= 0.6 is 0 Å². The molecule has 2 heteroatoms. The molecule has 0 spiro atoms. The number of hydrogen-bond acceptors (Lipinski definition) is 2. The third kappa shape index (κ3) is 16.6. The summed E-state index contributed by atoms with van der Waals surface area (Å²) in [7, 11) is 0. The Labute approximate surface area is 147 Å². The first-order valence-electron chi connectivity index (χ1n) is 10.7. The Morgan fingerprint density at radius 2 is 1.00 bits per heavy atom. The molecular weight excluding hydrogens is 282 g/mol. The van der Waals surface area contributed by atoms with Gasteiger partial charge in [-0.25, -0.2) is 0 Å². The van der Waals surface area contributed by atoms with Crippen LogP contribution in [0.5, 0.6) is 0 Å². The molecule has 0 N–H and O–H groups in total. The Morgan fingerprint density at radius 1 is 0.609 bits per heavy atom. The molecule has 0 bridgehead atoms. The van der Waals surface area contributed by atoms with Crippen molar-refractivity contribution >= 4 is 0 Å². The van der Waals surface area contributed by atoms with E-state index in [0.29, 0.717) is 6.54 Å². The Balaban J connectivity index is 3.13. The van der Waals surface area contributed by atoms with Crippen molar-refractivity contribution < 1.29 is 0 Å². The fourth-order valence-corrected chi connectivity index (χ4v) is 3.22. The van der Waals surface area contributed by atoms with Crippen LogP contribution in [0.3, 0.4) is 0 Å². The van der Waals surface area contributed by atoms with Crippen LogP contribution in [0.15, 0.2) is 0 Å². The molecular formula is C21H44NO-. The van der Waals surface area contributed by atoms with Gasteiger partial charge in [-0.15, -0.1) is 0 Å². The van der Waals surface area contributed by atoms with Gasteiger partial charge in [0, 0.05) is 0 Å². The second kappa shape index (κ2) is 18.3. The van der Waals surface area contributed by atoms with E-state index in [9.17, 15) is 5.21 Å². The summed E-state index contributed by atoms with van der Waals surface area (Å²) in [6.45, 7) is 7.13. The normalized spacial score (nSPS) is 12.9. The van der Waals surface area contributed by atoms with Crippen LogP contribution in [-0.4, -0.2) is 17.6 Å². The molecule has 1 atom stereocenters. The molecule has 1 unspecified atom stereocenters. The summed E-state index contributed by atoms with van der Waals surface area (Å²) in [5.41, 5.74) is 0. The van der Waals surface area contributed by atoms with Crippen LogP contribution in [0.2, 0.25) is 0 Å². The third-order valence-electron chi connectivity index (χ3n) is 4.91. The lowest BCUT2D eigenvalue weighted by Crippen LogP contribution is -2.27. The van der Waals surface area contributed by atoms with Gasteiger partial charge in [0.25, 0.3) is 0 Å². The highest BCUT2D eigenvalue weighted by molar-refractivity contribution is 4.66. The second-order valence-electron chi connectivity index (χ2n) is 7.37. The first-order valence-corrected chi connectivity index (χ1v) is 10.7. The van der Waals surface area contributed by atoms with Crippen LogP contribution in [0.1, 0.15) is 124 Å². The quantitative estimate of drug-likeness (QED) is 0.193. The average Bonchev–Trinajstić information content (AvgIpc) is 2.55. The molecule has 0 radical (unpaired) electrons. The molecule has 0 aromatic heterocycles. The first kappa shape index (κ1) is 22.9. The standard InChI is InChI=1S/C21H44NO/c1-4-6-7-8-9-10-11-12-13-14-15-16-17-18-19-21(3)22(23)20-5-2/h21H,4-20H2,1-3H3/q-1. The van der Waals surface area contributed by atoms with Crippen molar-refractivity contribution in [2.24, 2.45) is 0 Å². The molecule has 0 saturated carbocycles. The summed E-state index contributed by atoms with van der Waals surface area (Å²) in [4.78, 5) is 0. The SMILES string of the molecule is CCCCCCCCCCCCCCCCC(C)N([O-])CCC. The summed E-state index contributed by atoms with van der Waals surface area (Å²) in [5, 5.41) is 12.9. The lowest BCUT2D eigenvalue weighted by Gasteiger charge is -2.34. The van der Waals surface area contributed by atoms with Gasteiger partial charge < -0.3 is 10.3 Å². The minimum Gasteiger partial charge on any atom is -0.785 e. The molecule has 0 aromatic carbocycles. The van der Waals surface area contributed by atoms with Crippen LogP contribution in [0.25, 0.3) is 0 Å². The third-order valence-corrected chi connectivity index (χ3v) is 4.91. The van der Waals surface area contributed by atoms with Crippen molar-refractivity contribution in [2.45, 2.75) is 130 Å². The van der Waals surface area contributed by atoms with Crippen LogP contribution in [-0.2, 0) is 0 Å². The zero-order valence-corrected chi connectivity index (χ0v) is 16.5. The van der Waals surface area contributed by atoms with E-state index in [4.69, 9.17) is 0 Å². The van der Waals surface area contributed by atoms with Gasteiger partial charge in [0.2, 0.25) is 0 Å². The molecule has 0 saturated heterocycles. The number of rotatable bonds is 18. The summed E-state index contributed by atoms with van der Waals surface area (Å²) in [6, 6.07) is 0.215. The fraction of sp³-hybridized carbons (Fsp3) is 1.00. The average molecular weight is 327 g/mol. The molecule has 0 aliphatic rings. The van der Waals surface area contributed by atoms with E-state index in [1.54, 1.807) is 0 Å². The van der Waals surface area contributed by atoms with Gasteiger partial charge >= 0.3 is 0 Å². The van der Waals surface area contributed by atoms with Crippen molar-refractivity contribution in [1.82, 2.24) is 5.06 Å². The number of hydroxylamine groups is 2. The maximum atomic E-state index is 11.6. The topological polar surface area (TPSA) is 26.3 Å².